The van der Waals surface area contributed by atoms with E-state index in [1.54, 1.807) is 0 Å². The monoisotopic (exact) mass is 364 g/mol. The Kier molecular flexibility index (Phi) is 5.95. The number of carboxylic acids is 1. The molecule has 142 valence electrons. The Morgan fingerprint density at radius 2 is 1.80 bits per heavy atom. The Hall–Kier alpha value is -1.80. The lowest BCUT2D eigenvalue weighted by molar-refractivity contribution is -0.227. The number of aliphatic carboxylic acids is 1. The number of hydrogen-bond acceptors (Lipinski definition) is 3. The van der Waals surface area contributed by atoms with Crippen LogP contribution in [-0.4, -0.2) is 53.6 Å². The number of halogens is 3. The van der Waals surface area contributed by atoms with Crippen LogP contribution in [-0.2, 0) is 14.4 Å². The molecule has 1 heterocycles. The largest absolute Gasteiger partial charge is 0.481 e. The number of carbonyl (C=O) groups excluding carboxylic acids is 2. The number of rotatable bonds is 5. The molecule has 2 aliphatic rings. The van der Waals surface area contributed by atoms with E-state index in [0.717, 1.165) is 37.0 Å². The fraction of sp³-hybridized carbons (Fsp3) is 0.812. The van der Waals surface area contributed by atoms with Gasteiger partial charge >= 0.3 is 12.1 Å². The van der Waals surface area contributed by atoms with Crippen molar-refractivity contribution in [1.82, 2.24) is 10.2 Å². The molecule has 9 heteroatoms. The van der Waals surface area contributed by atoms with Gasteiger partial charge < -0.3 is 15.3 Å². The van der Waals surface area contributed by atoms with Gasteiger partial charge in [-0.25, -0.2) is 0 Å². The third-order valence-corrected chi connectivity index (χ3v) is 5.21. The molecular formula is C16H23F3N2O4. The van der Waals surface area contributed by atoms with E-state index >= 15 is 0 Å². The summed E-state index contributed by atoms with van der Waals surface area (Å²) in [7, 11) is 0. The van der Waals surface area contributed by atoms with E-state index in [1.165, 1.54) is 0 Å². The molecule has 1 aliphatic carbocycles. The normalized spacial score (nSPS) is 25.0. The minimum atomic E-state index is -4.93. The topological polar surface area (TPSA) is 86.7 Å². The molecule has 2 rings (SSSR count). The molecule has 2 fully saturated rings. The molecule has 1 saturated heterocycles. The molecule has 0 aromatic carbocycles. The number of carboxylic acid groups (broad SMARTS) is 1. The van der Waals surface area contributed by atoms with Gasteiger partial charge in [-0.05, 0) is 25.2 Å². The summed E-state index contributed by atoms with van der Waals surface area (Å²) in [6.45, 7) is -1.61. The molecular weight excluding hydrogens is 341 g/mol. The van der Waals surface area contributed by atoms with Crippen molar-refractivity contribution in [3.8, 4) is 0 Å². The predicted octanol–water partition coefficient (Wildman–Crippen LogP) is 1.94. The highest BCUT2D eigenvalue weighted by atomic mass is 19.4. The van der Waals surface area contributed by atoms with Gasteiger partial charge in [0.25, 0.3) is 0 Å². The molecule has 25 heavy (non-hydrogen) atoms. The Morgan fingerprint density at radius 3 is 2.32 bits per heavy atom. The molecule has 1 atom stereocenters. The SMILES string of the molecule is O=C(CC1CCCCC1)NCC(=O)N1CCC(C(=O)O)(C(F)(F)F)C1. The Labute approximate surface area is 143 Å². The number of alkyl halides is 3. The van der Waals surface area contributed by atoms with E-state index in [9.17, 15) is 27.6 Å². The minimum Gasteiger partial charge on any atom is -0.481 e. The Balaban J connectivity index is 1.83. The van der Waals surface area contributed by atoms with Crippen LogP contribution in [0.2, 0.25) is 0 Å². The van der Waals surface area contributed by atoms with Crippen LogP contribution in [0.4, 0.5) is 13.2 Å². The molecule has 1 aliphatic heterocycles. The zero-order valence-corrected chi connectivity index (χ0v) is 13.9. The molecule has 2 N–H and O–H groups in total. The van der Waals surface area contributed by atoms with Gasteiger partial charge in [0.15, 0.2) is 5.41 Å². The van der Waals surface area contributed by atoms with Crippen LogP contribution in [0.25, 0.3) is 0 Å². The van der Waals surface area contributed by atoms with Crippen LogP contribution in [0.3, 0.4) is 0 Å². The fourth-order valence-electron chi connectivity index (χ4n) is 3.56. The molecule has 0 aromatic heterocycles. The number of amides is 2. The van der Waals surface area contributed by atoms with Crippen LogP contribution >= 0.6 is 0 Å². The van der Waals surface area contributed by atoms with Gasteiger partial charge in [0.1, 0.15) is 0 Å². The molecule has 6 nitrogen and oxygen atoms in total. The third-order valence-electron chi connectivity index (χ3n) is 5.21. The highest BCUT2D eigenvalue weighted by molar-refractivity contribution is 5.86. The smallest absolute Gasteiger partial charge is 0.406 e. The minimum absolute atomic E-state index is 0.289. The van der Waals surface area contributed by atoms with E-state index in [2.05, 4.69) is 5.32 Å². The molecule has 1 unspecified atom stereocenters. The molecule has 0 spiro atoms. The van der Waals surface area contributed by atoms with Crippen molar-refractivity contribution in [2.24, 2.45) is 11.3 Å². The second-order valence-corrected chi connectivity index (χ2v) is 6.94. The summed E-state index contributed by atoms with van der Waals surface area (Å²) in [6, 6.07) is 0. The first kappa shape index (κ1) is 19.5. The first-order chi connectivity index (χ1) is 11.7. The van der Waals surface area contributed by atoms with Crippen molar-refractivity contribution in [2.45, 2.75) is 51.1 Å². The lowest BCUT2D eigenvalue weighted by Gasteiger charge is -2.27. The van der Waals surface area contributed by atoms with Gasteiger partial charge in [0, 0.05) is 19.5 Å². The zero-order valence-electron chi connectivity index (χ0n) is 13.9. The summed E-state index contributed by atoms with van der Waals surface area (Å²) in [4.78, 5) is 35.9. The second-order valence-electron chi connectivity index (χ2n) is 6.94. The van der Waals surface area contributed by atoms with Gasteiger partial charge in [0.05, 0.1) is 6.54 Å². The lowest BCUT2D eigenvalue weighted by atomic mass is 9.86. The molecule has 0 bridgehead atoms. The van der Waals surface area contributed by atoms with E-state index in [-0.39, 0.29) is 12.5 Å². The summed E-state index contributed by atoms with van der Waals surface area (Å²) >= 11 is 0. The van der Waals surface area contributed by atoms with Crippen molar-refractivity contribution in [1.29, 1.82) is 0 Å². The van der Waals surface area contributed by atoms with E-state index in [4.69, 9.17) is 5.11 Å². The summed E-state index contributed by atoms with van der Waals surface area (Å²) in [6.07, 6.45) is -0.0180. The van der Waals surface area contributed by atoms with Crippen LogP contribution in [0.5, 0.6) is 0 Å². The van der Waals surface area contributed by atoms with E-state index in [0.29, 0.717) is 12.3 Å². The van der Waals surface area contributed by atoms with Crippen LogP contribution in [0, 0.1) is 11.3 Å². The Morgan fingerprint density at radius 1 is 1.16 bits per heavy atom. The second kappa shape index (κ2) is 7.61. The fourth-order valence-corrected chi connectivity index (χ4v) is 3.56. The summed E-state index contributed by atoms with van der Waals surface area (Å²) in [5.41, 5.74) is -2.92. The van der Waals surface area contributed by atoms with Gasteiger partial charge in [-0.1, -0.05) is 19.3 Å². The van der Waals surface area contributed by atoms with Gasteiger partial charge in [0.2, 0.25) is 11.8 Å². The third kappa shape index (κ3) is 4.43. The lowest BCUT2D eigenvalue weighted by Crippen LogP contribution is -2.48. The molecule has 0 aromatic rings. The maximum atomic E-state index is 13.1. The maximum Gasteiger partial charge on any atom is 0.406 e. The quantitative estimate of drug-likeness (QED) is 0.781. The number of hydrogen-bond donors (Lipinski definition) is 2. The number of nitrogens with zero attached hydrogens (tertiary/aromatic N) is 1. The van der Waals surface area contributed by atoms with Crippen molar-refractivity contribution in [3.05, 3.63) is 0 Å². The summed E-state index contributed by atoms with van der Waals surface area (Å²) in [5, 5.41) is 11.4. The summed E-state index contributed by atoms with van der Waals surface area (Å²) < 4.78 is 39.3. The highest BCUT2D eigenvalue weighted by Crippen LogP contribution is 2.45. The summed E-state index contributed by atoms with van der Waals surface area (Å²) in [5.74, 6) is -2.67. The standard InChI is InChI=1S/C16H23F3N2O4/c17-16(18,19)15(14(24)25)6-7-21(10-15)13(23)9-20-12(22)8-11-4-2-1-3-5-11/h11H,1-10H2,(H,20,22)(H,24,25). The van der Waals surface area contributed by atoms with Crippen molar-refractivity contribution >= 4 is 17.8 Å². The van der Waals surface area contributed by atoms with Gasteiger partial charge in [-0.2, -0.15) is 13.2 Å². The molecule has 2 amide bonds. The number of nitrogens with one attached hydrogen (secondary N) is 1. The van der Waals surface area contributed by atoms with Crippen LogP contribution in [0.15, 0.2) is 0 Å². The average Bonchev–Trinajstić information content (AvgIpc) is 3.00. The molecule has 1 saturated carbocycles. The van der Waals surface area contributed by atoms with Gasteiger partial charge in [-0.3, -0.25) is 14.4 Å². The maximum absolute atomic E-state index is 13.1. The Bertz CT molecular complexity index is 532. The molecule has 0 radical (unpaired) electrons. The first-order valence-corrected chi connectivity index (χ1v) is 8.50. The van der Waals surface area contributed by atoms with E-state index < -0.39 is 43.0 Å². The van der Waals surface area contributed by atoms with Crippen molar-refractivity contribution < 1.29 is 32.7 Å². The predicted molar refractivity (Wildman–Crippen MR) is 81.5 cm³/mol. The van der Waals surface area contributed by atoms with Crippen molar-refractivity contribution in [2.75, 3.05) is 19.6 Å². The van der Waals surface area contributed by atoms with Crippen molar-refractivity contribution in [3.63, 3.8) is 0 Å². The zero-order chi connectivity index (χ0) is 18.7. The van der Waals surface area contributed by atoms with Crippen LogP contribution < -0.4 is 5.32 Å². The first-order valence-electron chi connectivity index (χ1n) is 8.50. The van der Waals surface area contributed by atoms with E-state index in [1.807, 2.05) is 0 Å². The van der Waals surface area contributed by atoms with Gasteiger partial charge in [-0.15, -0.1) is 0 Å². The average molecular weight is 364 g/mol. The van der Waals surface area contributed by atoms with Crippen LogP contribution in [0.1, 0.15) is 44.9 Å². The highest BCUT2D eigenvalue weighted by Gasteiger charge is 2.64. The number of carbonyl (C=O) groups is 3. The number of likely N-dealkylation sites (tertiary alicyclic amines) is 1.